The van der Waals surface area contributed by atoms with Crippen LogP contribution in [-0.2, 0) is 0 Å². The van der Waals surface area contributed by atoms with Crippen molar-refractivity contribution in [2.75, 3.05) is 13.7 Å². The predicted octanol–water partition coefficient (Wildman–Crippen LogP) is 4.33. The molecule has 1 atom stereocenters. The molecule has 0 aliphatic heterocycles. The minimum atomic E-state index is -0.655. The van der Waals surface area contributed by atoms with E-state index in [0.717, 1.165) is 0 Å². The third-order valence-corrected chi connectivity index (χ3v) is 3.40. The van der Waals surface area contributed by atoms with Gasteiger partial charge in [0.1, 0.15) is 17.4 Å². The van der Waals surface area contributed by atoms with Crippen molar-refractivity contribution in [3.05, 3.63) is 64.2 Å². The number of rotatable bonds is 5. The molecule has 2 aromatic rings. The molecule has 0 amide bonds. The van der Waals surface area contributed by atoms with E-state index in [1.807, 2.05) is 6.92 Å². The van der Waals surface area contributed by atoms with Crippen LogP contribution < -0.4 is 10.1 Å². The second-order valence-electron chi connectivity index (χ2n) is 4.55. The zero-order valence-corrected chi connectivity index (χ0v) is 12.5. The van der Waals surface area contributed by atoms with Crippen LogP contribution in [0.5, 0.6) is 5.75 Å². The summed E-state index contributed by atoms with van der Waals surface area (Å²) in [5.41, 5.74) is 0.659. The topological polar surface area (TPSA) is 21.3 Å². The van der Waals surface area contributed by atoms with Gasteiger partial charge >= 0.3 is 0 Å². The van der Waals surface area contributed by atoms with E-state index in [0.29, 0.717) is 17.1 Å². The third-order valence-electron chi connectivity index (χ3n) is 3.17. The van der Waals surface area contributed by atoms with Gasteiger partial charge < -0.3 is 10.1 Å². The first kappa shape index (κ1) is 15.7. The monoisotopic (exact) mass is 311 g/mol. The van der Waals surface area contributed by atoms with E-state index in [2.05, 4.69) is 5.32 Å². The SMILES string of the molecule is CCNC(c1cccc(Cl)c1)c1c(F)cc(OC)cc1F. The van der Waals surface area contributed by atoms with Crippen molar-refractivity contribution in [2.24, 2.45) is 0 Å². The van der Waals surface area contributed by atoms with Gasteiger partial charge in [0, 0.05) is 22.7 Å². The smallest absolute Gasteiger partial charge is 0.134 e. The largest absolute Gasteiger partial charge is 0.497 e. The van der Waals surface area contributed by atoms with Crippen LogP contribution in [0.25, 0.3) is 0 Å². The van der Waals surface area contributed by atoms with Gasteiger partial charge in [-0.05, 0) is 24.2 Å². The normalized spacial score (nSPS) is 12.2. The van der Waals surface area contributed by atoms with Crippen molar-refractivity contribution >= 4 is 11.6 Å². The highest BCUT2D eigenvalue weighted by molar-refractivity contribution is 6.30. The lowest BCUT2D eigenvalue weighted by molar-refractivity contribution is 0.403. The fourth-order valence-electron chi connectivity index (χ4n) is 2.23. The molecule has 0 fully saturated rings. The van der Waals surface area contributed by atoms with Crippen LogP contribution >= 0.6 is 11.6 Å². The van der Waals surface area contributed by atoms with Gasteiger partial charge in [-0.25, -0.2) is 8.78 Å². The second-order valence-corrected chi connectivity index (χ2v) is 4.99. The molecule has 2 nitrogen and oxygen atoms in total. The molecule has 0 aliphatic carbocycles. The summed E-state index contributed by atoms with van der Waals surface area (Å²) in [6.07, 6.45) is 0. The standard InChI is InChI=1S/C16H16ClF2NO/c1-3-20-16(10-5-4-6-11(17)7-10)15-13(18)8-12(21-2)9-14(15)19/h4-9,16,20H,3H2,1-2H3. The van der Waals surface area contributed by atoms with Crippen LogP contribution in [0.15, 0.2) is 36.4 Å². The Morgan fingerprint density at radius 2 is 1.86 bits per heavy atom. The molecule has 2 aromatic carbocycles. The molecule has 5 heteroatoms. The van der Waals surface area contributed by atoms with Crippen molar-refractivity contribution in [2.45, 2.75) is 13.0 Å². The second kappa shape index (κ2) is 6.87. The molecule has 0 aliphatic rings. The summed E-state index contributed by atoms with van der Waals surface area (Å²) in [7, 11) is 1.37. The lowest BCUT2D eigenvalue weighted by Gasteiger charge is -2.21. The molecule has 0 bridgehead atoms. The molecule has 112 valence electrons. The quantitative estimate of drug-likeness (QED) is 0.887. The van der Waals surface area contributed by atoms with E-state index in [-0.39, 0.29) is 11.3 Å². The molecule has 0 saturated carbocycles. The zero-order valence-electron chi connectivity index (χ0n) is 11.8. The number of benzene rings is 2. The van der Waals surface area contributed by atoms with E-state index in [1.54, 1.807) is 24.3 Å². The number of halogens is 3. The van der Waals surface area contributed by atoms with Crippen molar-refractivity contribution in [3.8, 4) is 5.75 Å². The molecular formula is C16H16ClF2NO. The van der Waals surface area contributed by atoms with Crippen molar-refractivity contribution in [3.63, 3.8) is 0 Å². The maximum Gasteiger partial charge on any atom is 0.134 e. The number of hydrogen-bond acceptors (Lipinski definition) is 2. The van der Waals surface area contributed by atoms with Crippen LogP contribution in [0, 0.1) is 11.6 Å². The number of ether oxygens (including phenoxy) is 1. The Morgan fingerprint density at radius 3 is 2.38 bits per heavy atom. The maximum absolute atomic E-state index is 14.3. The molecule has 0 spiro atoms. The Balaban J connectivity index is 2.53. The minimum absolute atomic E-state index is 0.0417. The van der Waals surface area contributed by atoms with Gasteiger partial charge in [-0.1, -0.05) is 30.7 Å². The Bertz CT molecular complexity index is 610. The molecule has 21 heavy (non-hydrogen) atoms. The van der Waals surface area contributed by atoms with Crippen molar-refractivity contribution in [1.29, 1.82) is 0 Å². The molecule has 2 rings (SSSR count). The Kier molecular flexibility index (Phi) is 5.15. The van der Waals surface area contributed by atoms with E-state index in [1.165, 1.54) is 19.2 Å². The summed E-state index contributed by atoms with van der Waals surface area (Å²) < 4.78 is 33.4. The van der Waals surface area contributed by atoms with Gasteiger partial charge in [0.25, 0.3) is 0 Å². The average Bonchev–Trinajstić information content (AvgIpc) is 2.45. The zero-order chi connectivity index (χ0) is 15.4. The molecule has 1 N–H and O–H groups in total. The Hall–Kier alpha value is -1.65. The van der Waals surface area contributed by atoms with Crippen molar-refractivity contribution in [1.82, 2.24) is 5.32 Å². The highest BCUT2D eigenvalue weighted by atomic mass is 35.5. The first-order valence-electron chi connectivity index (χ1n) is 6.58. The summed E-state index contributed by atoms with van der Waals surface area (Å²) in [5.74, 6) is -1.16. The van der Waals surface area contributed by atoms with Gasteiger partial charge in [0.15, 0.2) is 0 Å². The summed E-state index contributed by atoms with van der Waals surface area (Å²) in [6, 6.07) is 8.68. The molecule has 0 heterocycles. The van der Waals surface area contributed by atoms with Gasteiger partial charge in [-0.3, -0.25) is 0 Å². The van der Waals surface area contributed by atoms with Gasteiger partial charge in [-0.15, -0.1) is 0 Å². The molecule has 0 aromatic heterocycles. The summed E-state index contributed by atoms with van der Waals surface area (Å²) in [6.45, 7) is 2.43. The minimum Gasteiger partial charge on any atom is -0.497 e. The molecule has 0 saturated heterocycles. The van der Waals surface area contributed by atoms with Gasteiger partial charge in [0.05, 0.1) is 13.2 Å². The highest BCUT2D eigenvalue weighted by Gasteiger charge is 2.22. The Morgan fingerprint density at radius 1 is 1.19 bits per heavy atom. The third kappa shape index (κ3) is 3.52. The summed E-state index contributed by atoms with van der Waals surface area (Å²) in [4.78, 5) is 0. The van der Waals surface area contributed by atoms with Crippen LogP contribution in [0.4, 0.5) is 8.78 Å². The van der Waals surface area contributed by atoms with E-state index in [9.17, 15) is 8.78 Å². The van der Waals surface area contributed by atoms with Crippen LogP contribution in [0.3, 0.4) is 0 Å². The molecule has 1 unspecified atom stereocenters. The van der Waals surface area contributed by atoms with Gasteiger partial charge in [-0.2, -0.15) is 0 Å². The van der Waals surface area contributed by atoms with Gasteiger partial charge in [0.2, 0.25) is 0 Å². The lowest BCUT2D eigenvalue weighted by atomic mass is 9.97. The molecular weight excluding hydrogens is 296 g/mol. The van der Waals surface area contributed by atoms with E-state index >= 15 is 0 Å². The number of nitrogens with one attached hydrogen (secondary N) is 1. The number of hydrogen-bond donors (Lipinski definition) is 1. The van der Waals surface area contributed by atoms with Crippen molar-refractivity contribution < 1.29 is 13.5 Å². The number of methoxy groups -OCH3 is 1. The fraction of sp³-hybridized carbons (Fsp3) is 0.250. The average molecular weight is 312 g/mol. The first-order chi connectivity index (χ1) is 10.1. The van der Waals surface area contributed by atoms with Crippen LogP contribution in [0.2, 0.25) is 5.02 Å². The highest BCUT2D eigenvalue weighted by Crippen LogP contribution is 2.31. The summed E-state index contributed by atoms with van der Waals surface area (Å²) in [5, 5.41) is 3.60. The Labute approximate surface area is 127 Å². The summed E-state index contributed by atoms with van der Waals surface area (Å²) >= 11 is 5.97. The lowest BCUT2D eigenvalue weighted by Crippen LogP contribution is -2.24. The fourth-order valence-corrected chi connectivity index (χ4v) is 2.43. The maximum atomic E-state index is 14.3. The van der Waals surface area contributed by atoms with Crippen LogP contribution in [0.1, 0.15) is 24.1 Å². The first-order valence-corrected chi connectivity index (χ1v) is 6.96. The van der Waals surface area contributed by atoms with E-state index < -0.39 is 17.7 Å². The predicted molar refractivity (Wildman–Crippen MR) is 79.9 cm³/mol. The van der Waals surface area contributed by atoms with Crippen LogP contribution in [-0.4, -0.2) is 13.7 Å². The van der Waals surface area contributed by atoms with E-state index in [4.69, 9.17) is 16.3 Å². The molecule has 0 radical (unpaired) electrons.